The molecule has 124 valence electrons. The first-order chi connectivity index (χ1) is 12.1. The Bertz CT molecular complexity index is 938. The van der Waals surface area contributed by atoms with E-state index in [0.717, 1.165) is 5.69 Å². The van der Waals surface area contributed by atoms with Gasteiger partial charge in [-0.1, -0.05) is 6.07 Å². The maximum atomic E-state index is 12.6. The predicted molar refractivity (Wildman–Crippen MR) is 98.2 cm³/mol. The van der Waals surface area contributed by atoms with E-state index >= 15 is 0 Å². The van der Waals surface area contributed by atoms with E-state index in [1.165, 1.54) is 22.7 Å². The molecule has 0 spiro atoms. The lowest BCUT2D eigenvalue weighted by Gasteiger charge is -2.07. The molecular weight excluding hydrogens is 354 g/mol. The molecule has 0 radical (unpaired) electrons. The standard InChI is InChI=1S/C18H13N3O2S2/c1-11-10-25-18(20-11)14(9-19)16(22)12-4-6-13(7-5-12)21-17(23)15-3-2-8-24-15/h2-8,10,14H,1H3,(H,21,23). The molecule has 1 amide bonds. The van der Waals surface area contributed by atoms with E-state index in [1.807, 2.05) is 29.8 Å². The molecule has 0 saturated carbocycles. The van der Waals surface area contributed by atoms with Crippen LogP contribution in [0.3, 0.4) is 0 Å². The van der Waals surface area contributed by atoms with Crippen molar-refractivity contribution in [3.8, 4) is 6.07 Å². The summed E-state index contributed by atoms with van der Waals surface area (Å²) in [6, 6.07) is 12.1. The van der Waals surface area contributed by atoms with Crippen LogP contribution in [0.5, 0.6) is 0 Å². The van der Waals surface area contributed by atoms with Crippen LogP contribution in [0.4, 0.5) is 5.69 Å². The highest BCUT2D eigenvalue weighted by Gasteiger charge is 2.24. The monoisotopic (exact) mass is 367 g/mol. The molecule has 1 atom stereocenters. The molecule has 7 heteroatoms. The zero-order chi connectivity index (χ0) is 17.8. The summed E-state index contributed by atoms with van der Waals surface area (Å²) in [7, 11) is 0. The average molecular weight is 367 g/mol. The van der Waals surface area contributed by atoms with Gasteiger partial charge in [-0.3, -0.25) is 9.59 Å². The summed E-state index contributed by atoms with van der Waals surface area (Å²) in [5.41, 5.74) is 1.79. The Hall–Kier alpha value is -2.82. The lowest BCUT2D eigenvalue weighted by molar-refractivity contribution is 0.0978. The van der Waals surface area contributed by atoms with Gasteiger partial charge >= 0.3 is 0 Å². The van der Waals surface area contributed by atoms with Crippen LogP contribution in [0.25, 0.3) is 0 Å². The zero-order valence-corrected chi connectivity index (χ0v) is 14.9. The Balaban J connectivity index is 1.74. The van der Waals surface area contributed by atoms with Crippen molar-refractivity contribution >= 4 is 40.1 Å². The number of amides is 1. The molecule has 5 nitrogen and oxygen atoms in total. The number of carbonyl (C=O) groups is 2. The van der Waals surface area contributed by atoms with E-state index in [-0.39, 0.29) is 11.7 Å². The molecule has 2 heterocycles. The quantitative estimate of drug-likeness (QED) is 0.683. The molecule has 3 rings (SSSR count). The van der Waals surface area contributed by atoms with E-state index in [1.54, 1.807) is 30.3 Å². The van der Waals surface area contributed by atoms with E-state index in [4.69, 9.17) is 0 Å². The highest BCUT2D eigenvalue weighted by molar-refractivity contribution is 7.12. The van der Waals surface area contributed by atoms with Gasteiger partial charge in [0.05, 0.1) is 10.9 Å². The number of thiophene rings is 1. The maximum absolute atomic E-state index is 12.6. The summed E-state index contributed by atoms with van der Waals surface area (Å²) in [5, 5.41) is 16.3. The molecule has 0 saturated heterocycles. The summed E-state index contributed by atoms with van der Waals surface area (Å²) >= 11 is 2.66. The number of nitrogens with one attached hydrogen (secondary N) is 1. The van der Waals surface area contributed by atoms with Crippen molar-refractivity contribution < 1.29 is 9.59 Å². The van der Waals surface area contributed by atoms with Crippen molar-refractivity contribution in [3.63, 3.8) is 0 Å². The van der Waals surface area contributed by atoms with Crippen LogP contribution >= 0.6 is 22.7 Å². The number of anilines is 1. The van der Waals surface area contributed by atoms with Crippen LogP contribution in [0.1, 0.15) is 36.6 Å². The molecule has 0 aliphatic heterocycles. The smallest absolute Gasteiger partial charge is 0.265 e. The van der Waals surface area contributed by atoms with Crippen molar-refractivity contribution in [3.05, 3.63) is 68.3 Å². The molecule has 0 fully saturated rings. The zero-order valence-electron chi connectivity index (χ0n) is 13.2. The normalized spacial score (nSPS) is 11.5. The number of Topliss-reactive ketones (excluding diaryl/α,β-unsaturated/α-hetero) is 1. The van der Waals surface area contributed by atoms with Gasteiger partial charge in [0.2, 0.25) is 0 Å². The van der Waals surface area contributed by atoms with Crippen molar-refractivity contribution in [2.24, 2.45) is 0 Å². The lowest BCUT2D eigenvalue weighted by Crippen LogP contribution is -2.12. The number of hydrogen-bond acceptors (Lipinski definition) is 6. The molecule has 1 N–H and O–H groups in total. The van der Waals surface area contributed by atoms with Gasteiger partial charge in [-0.05, 0) is 42.6 Å². The minimum atomic E-state index is -0.912. The summed E-state index contributed by atoms with van der Waals surface area (Å²) < 4.78 is 0. The molecular formula is C18H13N3O2S2. The predicted octanol–water partition coefficient (Wildman–Crippen LogP) is 4.26. The first kappa shape index (κ1) is 17.0. The number of thiazole rings is 1. The second-order valence-corrected chi connectivity index (χ2v) is 7.10. The summed E-state index contributed by atoms with van der Waals surface area (Å²) in [6.07, 6.45) is 0. The Labute approximate surface area is 152 Å². The van der Waals surface area contributed by atoms with E-state index in [0.29, 0.717) is 21.1 Å². The number of aryl methyl sites for hydroxylation is 1. The first-order valence-electron chi connectivity index (χ1n) is 7.39. The largest absolute Gasteiger partial charge is 0.321 e. The van der Waals surface area contributed by atoms with Gasteiger partial charge in [-0.15, -0.1) is 22.7 Å². The summed E-state index contributed by atoms with van der Waals surface area (Å²) in [4.78, 5) is 29.4. The highest BCUT2D eigenvalue weighted by Crippen LogP contribution is 2.24. The van der Waals surface area contributed by atoms with Gasteiger partial charge in [0.1, 0.15) is 5.01 Å². The van der Waals surface area contributed by atoms with Crippen LogP contribution in [-0.4, -0.2) is 16.7 Å². The van der Waals surface area contributed by atoms with Gasteiger partial charge in [0.25, 0.3) is 5.91 Å². The van der Waals surface area contributed by atoms with Crippen LogP contribution in [0.2, 0.25) is 0 Å². The number of rotatable bonds is 5. The highest BCUT2D eigenvalue weighted by atomic mass is 32.1. The van der Waals surface area contributed by atoms with E-state index in [2.05, 4.69) is 10.3 Å². The Morgan fingerprint density at radius 1 is 1.20 bits per heavy atom. The average Bonchev–Trinajstić information content (AvgIpc) is 3.28. The van der Waals surface area contributed by atoms with Gasteiger partial charge < -0.3 is 5.32 Å². The molecule has 0 aliphatic carbocycles. The Morgan fingerprint density at radius 2 is 1.96 bits per heavy atom. The molecule has 1 unspecified atom stereocenters. The number of aromatic nitrogens is 1. The fourth-order valence-electron chi connectivity index (χ4n) is 2.22. The number of ketones is 1. The Morgan fingerprint density at radius 3 is 2.52 bits per heavy atom. The molecule has 3 aromatic rings. The van der Waals surface area contributed by atoms with Crippen molar-refractivity contribution in [2.45, 2.75) is 12.8 Å². The third-order valence-electron chi connectivity index (χ3n) is 3.45. The van der Waals surface area contributed by atoms with Crippen LogP contribution in [-0.2, 0) is 0 Å². The summed E-state index contributed by atoms with van der Waals surface area (Å²) in [6.45, 7) is 1.82. The topological polar surface area (TPSA) is 82.9 Å². The third kappa shape index (κ3) is 3.82. The van der Waals surface area contributed by atoms with E-state index in [9.17, 15) is 14.9 Å². The van der Waals surface area contributed by atoms with Gasteiger partial charge in [-0.25, -0.2) is 4.98 Å². The number of nitrogens with zero attached hydrogens (tertiary/aromatic N) is 2. The van der Waals surface area contributed by atoms with Crippen molar-refractivity contribution in [1.82, 2.24) is 4.98 Å². The maximum Gasteiger partial charge on any atom is 0.265 e. The minimum absolute atomic E-state index is 0.192. The first-order valence-corrected chi connectivity index (χ1v) is 9.15. The van der Waals surface area contributed by atoms with Crippen LogP contribution < -0.4 is 5.32 Å². The lowest BCUT2D eigenvalue weighted by atomic mass is 9.99. The molecule has 1 aromatic carbocycles. The Kier molecular flexibility index (Phi) is 5.03. The fraction of sp³-hybridized carbons (Fsp3) is 0.111. The SMILES string of the molecule is Cc1csc(C(C#N)C(=O)c2ccc(NC(=O)c3cccs3)cc2)n1. The van der Waals surface area contributed by atoms with Crippen LogP contribution in [0, 0.1) is 18.3 Å². The van der Waals surface area contributed by atoms with Gasteiger partial charge in [0, 0.05) is 22.3 Å². The van der Waals surface area contributed by atoms with Crippen molar-refractivity contribution in [1.29, 1.82) is 5.26 Å². The minimum Gasteiger partial charge on any atom is -0.321 e. The molecule has 0 bridgehead atoms. The number of hydrogen-bond donors (Lipinski definition) is 1. The fourth-order valence-corrected chi connectivity index (χ4v) is 3.67. The van der Waals surface area contributed by atoms with Gasteiger partial charge in [0.15, 0.2) is 11.7 Å². The molecule has 25 heavy (non-hydrogen) atoms. The number of carbonyl (C=O) groups excluding carboxylic acids is 2. The number of benzene rings is 1. The molecule has 2 aromatic heterocycles. The van der Waals surface area contributed by atoms with Gasteiger partial charge in [-0.2, -0.15) is 5.26 Å². The summed E-state index contributed by atoms with van der Waals surface area (Å²) in [5.74, 6) is -1.40. The second-order valence-electron chi connectivity index (χ2n) is 5.26. The molecule has 0 aliphatic rings. The third-order valence-corrected chi connectivity index (χ3v) is 5.34. The number of nitriles is 1. The van der Waals surface area contributed by atoms with Crippen molar-refractivity contribution in [2.75, 3.05) is 5.32 Å². The van der Waals surface area contributed by atoms with E-state index < -0.39 is 5.92 Å². The second kappa shape index (κ2) is 7.38. The van der Waals surface area contributed by atoms with Crippen LogP contribution in [0.15, 0.2) is 47.2 Å².